The van der Waals surface area contributed by atoms with Gasteiger partial charge in [-0.2, -0.15) is 0 Å². The molecule has 7 heteroatoms. The number of carboxylic acid groups (broad SMARTS) is 1. The number of hydrogen-bond acceptors (Lipinski definition) is 2. The summed E-state index contributed by atoms with van der Waals surface area (Å²) >= 11 is 7.39. The SMILES string of the molecule is C=C(O)/C=C/C(=O)O.[I][V]([I])[I]. The molecule has 0 aliphatic carbocycles. The third-order valence-electron chi connectivity index (χ3n) is 0.418. The van der Waals surface area contributed by atoms with Crippen molar-refractivity contribution >= 4 is 65.9 Å². The van der Waals surface area contributed by atoms with Crippen molar-refractivity contribution in [2.75, 3.05) is 0 Å². The summed E-state index contributed by atoms with van der Waals surface area (Å²) in [4.78, 5) is 9.39. The molecule has 0 amide bonds. The van der Waals surface area contributed by atoms with E-state index in [1.54, 1.807) is 0 Å². The quantitative estimate of drug-likeness (QED) is 0.242. The van der Waals surface area contributed by atoms with Gasteiger partial charge in [0, 0.05) is 6.08 Å². The predicted molar refractivity (Wildman–Crippen MR) is 70.6 cm³/mol. The van der Waals surface area contributed by atoms with Crippen molar-refractivity contribution in [3.05, 3.63) is 24.5 Å². The molecule has 12 heavy (non-hydrogen) atoms. The number of hydrogen-bond donors (Lipinski definition) is 2. The van der Waals surface area contributed by atoms with Crippen molar-refractivity contribution in [3.63, 3.8) is 0 Å². The third-order valence-corrected chi connectivity index (χ3v) is 0.418. The van der Waals surface area contributed by atoms with E-state index in [1.807, 2.05) is 0 Å². The van der Waals surface area contributed by atoms with Crippen LogP contribution in [0.15, 0.2) is 24.5 Å². The van der Waals surface area contributed by atoms with Gasteiger partial charge in [-0.05, 0) is 6.08 Å². The Morgan fingerprint density at radius 3 is 1.67 bits per heavy atom. The van der Waals surface area contributed by atoms with Gasteiger partial charge in [0.15, 0.2) is 0 Å². The third kappa shape index (κ3) is 30.0. The summed E-state index contributed by atoms with van der Waals surface area (Å²) in [7, 11) is 0. The molecular formula is C5H6I3O3V. The van der Waals surface area contributed by atoms with Gasteiger partial charge in [0.05, 0.1) is 0 Å². The van der Waals surface area contributed by atoms with Crippen LogP contribution < -0.4 is 0 Å². The van der Waals surface area contributed by atoms with E-state index in [0.29, 0.717) is 0 Å². The first kappa shape index (κ1) is 16.0. The van der Waals surface area contributed by atoms with Crippen LogP contribution in [0.1, 0.15) is 0 Å². The molecule has 2 N–H and O–H groups in total. The van der Waals surface area contributed by atoms with Crippen LogP contribution in [0.5, 0.6) is 0 Å². The van der Waals surface area contributed by atoms with Gasteiger partial charge in [0.1, 0.15) is 5.76 Å². The Morgan fingerprint density at radius 1 is 1.25 bits per heavy atom. The van der Waals surface area contributed by atoms with E-state index in [-0.39, 0.29) is 10.7 Å². The Bertz CT molecular complexity index is 162. The number of rotatable bonds is 2. The van der Waals surface area contributed by atoms with E-state index in [0.717, 1.165) is 12.2 Å². The van der Waals surface area contributed by atoms with Crippen molar-refractivity contribution in [2.24, 2.45) is 0 Å². The number of halogens is 3. The van der Waals surface area contributed by atoms with E-state index >= 15 is 0 Å². The van der Waals surface area contributed by atoms with Crippen LogP contribution in [0.2, 0.25) is 0 Å². The van der Waals surface area contributed by atoms with Crippen molar-refractivity contribution in [1.29, 1.82) is 0 Å². The van der Waals surface area contributed by atoms with Crippen LogP contribution in [-0.2, 0) is 9.72 Å². The molecular weight excluding hydrogens is 540 g/mol. The molecule has 0 aliphatic rings. The molecule has 0 fully saturated rings. The molecule has 0 saturated heterocycles. The molecule has 0 aromatic heterocycles. The zero-order valence-corrected chi connectivity index (χ0v) is 13.6. The standard InChI is InChI=1S/C5H6O3.3HI.V/c1-4(6)2-3-5(7)8;;;;/h2-3,6H,1H2,(H,7,8);3*1H;/q;;;;+3/p-3/b3-2+;;;;. The van der Waals surface area contributed by atoms with Gasteiger partial charge in [-0.3, -0.25) is 0 Å². The molecule has 0 heterocycles. The summed E-state index contributed by atoms with van der Waals surface area (Å²) in [5, 5.41) is 16.2. The molecule has 0 saturated carbocycles. The molecule has 0 bridgehead atoms. The second-order valence-corrected chi connectivity index (χ2v) is 36.7. The summed E-state index contributed by atoms with van der Waals surface area (Å²) < 4.78 is 0. The maximum atomic E-state index is 9.66. The van der Waals surface area contributed by atoms with Crippen molar-refractivity contribution in [1.82, 2.24) is 0 Å². The van der Waals surface area contributed by atoms with Crippen LogP contribution >= 0.6 is 59.9 Å². The first-order valence-electron chi connectivity index (χ1n) is 2.42. The molecule has 0 atom stereocenters. The van der Waals surface area contributed by atoms with Crippen molar-refractivity contribution < 1.29 is 19.9 Å². The van der Waals surface area contributed by atoms with E-state index < -0.39 is 5.97 Å². The minimum absolute atomic E-state index is 0.257. The number of aliphatic hydroxyl groups excluding tert-OH is 1. The van der Waals surface area contributed by atoms with Crippen LogP contribution in [-0.4, -0.2) is 16.2 Å². The Morgan fingerprint density at radius 2 is 1.58 bits per heavy atom. The maximum absolute atomic E-state index is 9.66. The van der Waals surface area contributed by atoms with E-state index in [4.69, 9.17) is 10.2 Å². The summed E-state index contributed by atoms with van der Waals surface area (Å²) in [6.45, 7) is 3.03. The molecule has 0 radical (unpaired) electrons. The first-order valence-corrected chi connectivity index (χ1v) is 15.9. The van der Waals surface area contributed by atoms with E-state index in [9.17, 15) is 4.79 Å². The topological polar surface area (TPSA) is 57.5 Å². The van der Waals surface area contributed by atoms with Crippen LogP contribution in [0, 0.1) is 0 Å². The number of carboxylic acids is 1. The van der Waals surface area contributed by atoms with Crippen molar-refractivity contribution in [2.45, 2.75) is 0 Å². The minimum atomic E-state index is -1.10. The fraction of sp³-hybridized carbons (Fsp3) is 0. The van der Waals surface area contributed by atoms with Crippen LogP contribution in [0.25, 0.3) is 0 Å². The van der Waals surface area contributed by atoms with Crippen molar-refractivity contribution in [3.8, 4) is 0 Å². The number of aliphatic carboxylic acids is 1. The summed E-state index contributed by atoms with van der Waals surface area (Å²) in [5.41, 5.74) is 0. The van der Waals surface area contributed by atoms with Gasteiger partial charge in [0.25, 0.3) is 0 Å². The molecule has 0 aromatic carbocycles. The summed E-state index contributed by atoms with van der Waals surface area (Å²) in [6.07, 6.45) is 1.81. The van der Waals surface area contributed by atoms with Crippen LogP contribution in [0.3, 0.4) is 0 Å². The average molecular weight is 546 g/mol. The second kappa shape index (κ2) is 10.6. The number of aliphatic hydroxyl groups is 1. The molecule has 0 rings (SSSR count). The van der Waals surface area contributed by atoms with Gasteiger partial charge >= 0.3 is 70.8 Å². The summed E-state index contributed by atoms with van der Waals surface area (Å²) in [6, 6.07) is 0. The Labute approximate surface area is 108 Å². The zero-order chi connectivity index (χ0) is 10.1. The zero-order valence-electron chi connectivity index (χ0n) is 5.75. The summed E-state index contributed by atoms with van der Waals surface area (Å²) in [5.74, 6) is -1.35. The van der Waals surface area contributed by atoms with Gasteiger partial charge in [0.2, 0.25) is 0 Å². The average Bonchev–Trinajstić information content (AvgIpc) is 1.82. The normalized spacial score (nSPS) is 9.33. The fourth-order valence-corrected chi connectivity index (χ4v) is 0.167. The van der Waals surface area contributed by atoms with Gasteiger partial charge < -0.3 is 10.2 Å². The molecule has 0 unspecified atom stereocenters. The van der Waals surface area contributed by atoms with Gasteiger partial charge in [-0.1, -0.05) is 6.58 Å². The molecule has 0 aliphatic heterocycles. The Balaban J connectivity index is 0. The van der Waals surface area contributed by atoms with Gasteiger partial charge in [-0.25, -0.2) is 4.79 Å². The molecule has 70 valence electrons. The number of allylic oxidation sites excluding steroid dienone is 1. The monoisotopic (exact) mass is 546 g/mol. The van der Waals surface area contributed by atoms with E-state index in [2.05, 4.69) is 66.5 Å². The Kier molecular flexibility index (Phi) is 14.1. The van der Waals surface area contributed by atoms with E-state index in [1.165, 1.54) is 0 Å². The molecule has 0 aromatic rings. The molecule has 3 nitrogen and oxygen atoms in total. The first-order chi connectivity index (χ1) is 5.36. The van der Waals surface area contributed by atoms with Crippen LogP contribution in [0.4, 0.5) is 0 Å². The predicted octanol–water partition coefficient (Wildman–Crippen LogP) is 3.35. The Hall–Kier alpha value is 1.52. The fourth-order valence-electron chi connectivity index (χ4n) is 0.167. The second-order valence-electron chi connectivity index (χ2n) is 1.35. The number of carbonyl (C=O) groups is 1. The van der Waals surface area contributed by atoms with Gasteiger partial charge in [-0.15, -0.1) is 0 Å². The molecule has 0 spiro atoms.